The minimum atomic E-state index is 0.571. The quantitative estimate of drug-likeness (QED) is 0.553. The summed E-state index contributed by atoms with van der Waals surface area (Å²) in [6, 6.07) is 0.571. The third-order valence-corrected chi connectivity index (χ3v) is 3.31. The van der Waals surface area contributed by atoms with Crippen LogP contribution >= 0.6 is 0 Å². The van der Waals surface area contributed by atoms with Gasteiger partial charge in [0.05, 0.1) is 0 Å². The largest absolute Gasteiger partial charge is 0.323 e. The molecule has 1 aliphatic carbocycles. The maximum Gasteiger partial charge on any atom is 0.0499 e. The zero-order chi connectivity index (χ0) is 13.2. The molecule has 0 amide bonds. The van der Waals surface area contributed by atoms with Gasteiger partial charge in [-0.2, -0.15) is 0 Å². The predicted molar refractivity (Wildman–Crippen MR) is 79.8 cm³/mol. The molecular formula is C15H29N3. The standard InChI is InChI=1S/C15H29N3/c1-4-5-9-15(17-18(2)3)12-13-16-14-10-7-6-8-11-14/h12-14,17H,4-11H2,1-3H3/b15-12-,16-13?. The van der Waals surface area contributed by atoms with E-state index in [4.69, 9.17) is 0 Å². The van der Waals surface area contributed by atoms with Gasteiger partial charge in [-0.15, -0.1) is 0 Å². The molecule has 104 valence electrons. The molecule has 18 heavy (non-hydrogen) atoms. The SMILES string of the molecule is CCCC/C(=C/C=NC1CCCCC1)NN(C)C. The van der Waals surface area contributed by atoms with Gasteiger partial charge in [0.1, 0.15) is 0 Å². The summed E-state index contributed by atoms with van der Waals surface area (Å²) in [5.74, 6) is 0. The molecule has 3 nitrogen and oxygen atoms in total. The summed E-state index contributed by atoms with van der Waals surface area (Å²) in [5.41, 5.74) is 4.62. The van der Waals surface area contributed by atoms with Crippen LogP contribution in [-0.2, 0) is 0 Å². The van der Waals surface area contributed by atoms with Gasteiger partial charge in [0.15, 0.2) is 0 Å². The topological polar surface area (TPSA) is 27.6 Å². The Hall–Kier alpha value is -0.830. The number of hydrogen-bond donors (Lipinski definition) is 1. The highest BCUT2D eigenvalue weighted by Crippen LogP contribution is 2.19. The third kappa shape index (κ3) is 6.80. The normalized spacial score (nSPS) is 18.8. The lowest BCUT2D eigenvalue weighted by Gasteiger charge is -2.18. The van der Waals surface area contributed by atoms with Crippen LogP contribution in [-0.4, -0.2) is 31.4 Å². The van der Waals surface area contributed by atoms with Crippen molar-refractivity contribution >= 4 is 6.21 Å². The van der Waals surface area contributed by atoms with E-state index in [1.807, 2.05) is 25.3 Å². The number of rotatable bonds is 7. The molecule has 0 bridgehead atoms. The molecule has 1 rings (SSSR count). The van der Waals surface area contributed by atoms with Crippen LogP contribution in [0.25, 0.3) is 0 Å². The van der Waals surface area contributed by atoms with Crippen molar-refractivity contribution in [2.45, 2.75) is 64.3 Å². The van der Waals surface area contributed by atoms with Crippen LogP contribution in [0.2, 0.25) is 0 Å². The van der Waals surface area contributed by atoms with Crippen molar-refractivity contribution in [2.75, 3.05) is 14.1 Å². The van der Waals surface area contributed by atoms with E-state index in [9.17, 15) is 0 Å². The summed E-state index contributed by atoms with van der Waals surface area (Å²) in [7, 11) is 4.05. The van der Waals surface area contributed by atoms with Gasteiger partial charge >= 0.3 is 0 Å². The first-order chi connectivity index (χ1) is 8.72. The van der Waals surface area contributed by atoms with E-state index in [1.54, 1.807) is 0 Å². The molecule has 0 unspecified atom stereocenters. The van der Waals surface area contributed by atoms with Crippen LogP contribution in [0.3, 0.4) is 0 Å². The van der Waals surface area contributed by atoms with Crippen LogP contribution in [0.15, 0.2) is 16.8 Å². The molecule has 1 N–H and O–H groups in total. The Kier molecular flexibility index (Phi) is 7.74. The summed E-state index contributed by atoms with van der Waals surface area (Å²) < 4.78 is 0. The lowest BCUT2D eigenvalue weighted by Crippen LogP contribution is -2.29. The van der Waals surface area contributed by atoms with Gasteiger partial charge in [-0.1, -0.05) is 32.6 Å². The highest BCUT2D eigenvalue weighted by Gasteiger charge is 2.10. The van der Waals surface area contributed by atoms with Crippen molar-refractivity contribution in [1.82, 2.24) is 10.4 Å². The highest BCUT2D eigenvalue weighted by atomic mass is 15.5. The van der Waals surface area contributed by atoms with E-state index in [1.165, 1.54) is 50.6 Å². The first kappa shape index (κ1) is 15.2. The molecule has 1 saturated carbocycles. The molecule has 0 radical (unpaired) electrons. The molecule has 0 spiro atoms. The monoisotopic (exact) mass is 251 g/mol. The van der Waals surface area contributed by atoms with E-state index in [-0.39, 0.29) is 0 Å². The van der Waals surface area contributed by atoms with Crippen LogP contribution in [0.5, 0.6) is 0 Å². The molecule has 0 saturated heterocycles. The average molecular weight is 251 g/mol. The fourth-order valence-electron chi connectivity index (χ4n) is 2.32. The predicted octanol–water partition coefficient (Wildman–Crippen LogP) is 3.53. The van der Waals surface area contributed by atoms with Crippen LogP contribution in [0, 0.1) is 0 Å². The van der Waals surface area contributed by atoms with Crippen LogP contribution in [0.1, 0.15) is 58.3 Å². The summed E-state index contributed by atoms with van der Waals surface area (Å²) in [5, 5.41) is 2.00. The first-order valence-electron chi connectivity index (χ1n) is 7.38. The molecular weight excluding hydrogens is 222 g/mol. The van der Waals surface area contributed by atoms with E-state index in [0.717, 1.165) is 6.42 Å². The molecule has 0 atom stereocenters. The fourth-order valence-corrected chi connectivity index (χ4v) is 2.32. The van der Waals surface area contributed by atoms with Crippen molar-refractivity contribution in [3.8, 4) is 0 Å². The van der Waals surface area contributed by atoms with Crippen LogP contribution < -0.4 is 5.43 Å². The lowest BCUT2D eigenvalue weighted by atomic mass is 9.96. The van der Waals surface area contributed by atoms with E-state index in [2.05, 4.69) is 23.4 Å². The number of hydrazine groups is 1. The van der Waals surface area contributed by atoms with Crippen LogP contribution in [0.4, 0.5) is 0 Å². The van der Waals surface area contributed by atoms with Crippen molar-refractivity contribution < 1.29 is 0 Å². The zero-order valence-electron chi connectivity index (χ0n) is 12.3. The lowest BCUT2D eigenvalue weighted by molar-refractivity contribution is 0.321. The van der Waals surface area contributed by atoms with Gasteiger partial charge in [0, 0.05) is 32.0 Å². The van der Waals surface area contributed by atoms with Gasteiger partial charge in [-0.05, 0) is 31.8 Å². The summed E-state index contributed by atoms with van der Waals surface area (Å²) in [6.07, 6.45) is 14.4. The Morgan fingerprint density at radius 2 is 2.00 bits per heavy atom. The van der Waals surface area contributed by atoms with Crippen molar-refractivity contribution in [3.05, 3.63) is 11.8 Å². The molecule has 1 aliphatic rings. The molecule has 3 heteroatoms. The molecule has 0 aromatic carbocycles. The Morgan fingerprint density at radius 3 is 2.61 bits per heavy atom. The summed E-state index contributed by atoms with van der Waals surface area (Å²) >= 11 is 0. The summed E-state index contributed by atoms with van der Waals surface area (Å²) in [4.78, 5) is 4.68. The molecule has 0 heterocycles. The maximum absolute atomic E-state index is 4.68. The molecule has 0 aromatic heterocycles. The molecule has 0 aromatic rings. The zero-order valence-corrected chi connectivity index (χ0v) is 12.3. The number of aliphatic imine (C=N–C) groups is 1. The van der Waals surface area contributed by atoms with Gasteiger partial charge in [0.2, 0.25) is 0 Å². The number of hydrogen-bond acceptors (Lipinski definition) is 3. The van der Waals surface area contributed by atoms with Crippen molar-refractivity contribution in [3.63, 3.8) is 0 Å². The first-order valence-corrected chi connectivity index (χ1v) is 7.38. The Bertz CT molecular complexity index is 263. The van der Waals surface area contributed by atoms with E-state index in [0.29, 0.717) is 6.04 Å². The van der Waals surface area contributed by atoms with E-state index < -0.39 is 0 Å². The Morgan fingerprint density at radius 1 is 1.28 bits per heavy atom. The number of nitrogens with one attached hydrogen (secondary N) is 1. The fraction of sp³-hybridized carbons (Fsp3) is 0.800. The molecule has 1 fully saturated rings. The van der Waals surface area contributed by atoms with Crippen molar-refractivity contribution in [2.24, 2.45) is 4.99 Å². The Balaban J connectivity index is 2.43. The third-order valence-electron chi connectivity index (χ3n) is 3.31. The minimum absolute atomic E-state index is 0.571. The van der Waals surface area contributed by atoms with E-state index >= 15 is 0 Å². The average Bonchev–Trinajstić information content (AvgIpc) is 2.36. The van der Waals surface area contributed by atoms with Gasteiger partial charge in [0.25, 0.3) is 0 Å². The van der Waals surface area contributed by atoms with Crippen molar-refractivity contribution in [1.29, 1.82) is 0 Å². The van der Waals surface area contributed by atoms with Gasteiger partial charge in [-0.25, -0.2) is 5.01 Å². The number of allylic oxidation sites excluding steroid dienone is 2. The second-order valence-corrected chi connectivity index (χ2v) is 5.39. The number of nitrogens with zero attached hydrogens (tertiary/aromatic N) is 2. The van der Waals surface area contributed by atoms with Gasteiger partial charge in [-0.3, -0.25) is 4.99 Å². The smallest absolute Gasteiger partial charge is 0.0499 e. The second kappa shape index (κ2) is 9.15. The maximum atomic E-state index is 4.68. The Labute approximate surface area is 112 Å². The highest BCUT2D eigenvalue weighted by molar-refractivity contribution is 5.72. The summed E-state index contributed by atoms with van der Waals surface area (Å²) in [6.45, 7) is 2.23. The minimum Gasteiger partial charge on any atom is -0.323 e. The molecule has 0 aliphatic heterocycles. The number of unbranched alkanes of at least 4 members (excludes halogenated alkanes) is 1. The second-order valence-electron chi connectivity index (χ2n) is 5.39. The van der Waals surface area contributed by atoms with Gasteiger partial charge < -0.3 is 5.43 Å².